The van der Waals surface area contributed by atoms with Crippen LogP contribution in [0.5, 0.6) is 0 Å². The van der Waals surface area contributed by atoms with Crippen LogP contribution in [-0.2, 0) is 10.5 Å². The Morgan fingerprint density at radius 2 is 1.75 bits per heavy atom. The van der Waals surface area contributed by atoms with Gasteiger partial charge in [0, 0.05) is 22.0 Å². The van der Waals surface area contributed by atoms with Gasteiger partial charge in [-0.1, -0.05) is 30.0 Å². The second-order valence-corrected chi connectivity index (χ2v) is 8.52. The number of hydrogen-bond donors (Lipinski definition) is 0. The van der Waals surface area contributed by atoms with E-state index in [2.05, 4.69) is 9.97 Å². The fourth-order valence-electron chi connectivity index (χ4n) is 2.61. The highest BCUT2D eigenvalue weighted by Gasteiger charge is 2.16. The standard InChI is InChI=1S/C21H20N2O3S2/c1-13-10-14(2)23-21(22-13)27-12-16-6-4-5-7-17(16)20(25)26-11-18(24)19-9-8-15(3)28-19/h4-10H,11-12H2,1-3H3. The minimum atomic E-state index is -0.501. The van der Waals surface area contributed by atoms with Crippen molar-refractivity contribution in [2.45, 2.75) is 31.7 Å². The van der Waals surface area contributed by atoms with Crippen molar-refractivity contribution in [3.8, 4) is 0 Å². The smallest absolute Gasteiger partial charge is 0.338 e. The number of thioether (sulfide) groups is 1. The fourth-order valence-corrected chi connectivity index (χ4v) is 4.36. The molecule has 0 spiro atoms. The maximum absolute atomic E-state index is 12.5. The van der Waals surface area contributed by atoms with Gasteiger partial charge in [0.2, 0.25) is 5.78 Å². The van der Waals surface area contributed by atoms with Crippen LogP contribution in [0.3, 0.4) is 0 Å². The molecule has 0 unspecified atom stereocenters. The summed E-state index contributed by atoms with van der Waals surface area (Å²) in [6, 6.07) is 12.8. The zero-order valence-corrected chi connectivity index (χ0v) is 17.5. The van der Waals surface area contributed by atoms with Crippen LogP contribution in [-0.4, -0.2) is 28.3 Å². The second-order valence-electron chi connectivity index (χ2n) is 6.29. The summed E-state index contributed by atoms with van der Waals surface area (Å²) in [5, 5.41) is 0.670. The molecule has 7 heteroatoms. The lowest BCUT2D eigenvalue weighted by molar-refractivity contribution is 0.0475. The summed E-state index contributed by atoms with van der Waals surface area (Å²) < 4.78 is 5.26. The van der Waals surface area contributed by atoms with E-state index < -0.39 is 5.97 Å². The topological polar surface area (TPSA) is 69.2 Å². The molecular weight excluding hydrogens is 392 g/mol. The predicted octanol–water partition coefficient (Wildman–Crippen LogP) is 4.80. The van der Waals surface area contributed by atoms with Gasteiger partial charge in [0.1, 0.15) is 0 Å². The van der Waals surface area contributed by atoms with Crippen LogP contribution in [0.1, 0.15) is 41.9 Å². The Balaban J connectivity index is 1.65. The van der Waals surface area contributed by atoms with E-state index in [1.165, 1.54) is 23.1 Å². The number of ether oxygens (including phenoxy) is 1. The summed E-state index contributed by atoms with van der Waals surface area (Å²) in [7, 11) is 0. The van der Waals surface area contributed by atoms with Crippen LogP contribution in [0.15, 0.2) is 47.6 Å². The summed E-state index contributed by atoms with van der Waals surface area (Å²) in [6.45, 7) is 5.52. The number of carbonyl (C=O) groups is 2. The molecule has 5 nitrogen and oxygen atoms in total. The molecular formula is C21H20N2O3S2. The third-order valence-electron chi connectivity index (χ3n) is 3.91. The van der Waals surface area contributed by atoms with Crippen molar-refractivity contribution in [1.82, 2.24) is 9.97 Å². The van der Waals surface area contributed by atoms with Crippen LogP contribution in [0.2, 0.25) is 0 Å². The number of thiophene rings is 1. The number of aryl methyl sites for hydroxylation is 3. The average Bonchev–Trinajstić information content (AvgIpc) is 3.10. The van der Waals surface area contributed by atoms with Gasteiger partial charge >= 0.3 is 5.97 Å². The maximum atomic E-state index is 12.5. The molecule has 0 aliphatic heterocycles. The summed E-state index contributed by atoms with van der Waals surface area (Å²) >= 11 is 2.86. The van der Waals surface area contributed by atoms with Crippen LogP contribution in [0.25, 0.3) is 0 Å². The highest BCUT2D eigenvalue weighted by atomic mass is 32.2. The lowest BCUT2D eigenvalue weighted by Gasteiger charge is -2.09. The van der Waals surface area contributed by atoms with E-state index in [9.17, 15) is 9.59 Å². The lowest BCUT2D eigenvalue weighted by Crippen LogP contribution is -2.14. The fraction of sp³-hybridized carbons (Fsp3) is 0.238. The number of Topliss-reactive ketones (excluding diaryl/α,β-unsaturated/α-hetero) is 1. The highest BCUT2D eigenvalue weighted by Crippen LogP contribution is 2.23. The molecule has 144 valence electrons. The molecule has 28 heavy (non-hydrogen) atoms. The average molecular weight is 413 g/mol. The van der Waals surface area contributed by atoms with E-state index >= 15 is 0 Å². The molecule has 2 aromatic heterocycles. The van der Waals surface area contributed by atoms with Crippen molar-refractivity contribution < 1.29 is 14.3 Å². The van der Waals surface area contributed by atoms with Gasteiger partial charge in [-0.25, -0.2) is 14.8 Å². The third kappa shape index (κ3) is 5.27. The molecule has 0 radical (unpaired) electrons. The van der Waals surface area contributed by atoms with Gasteiger partial charge < -0.3 is 4.74 Å². The van der Waals surface area contributed by atoms with Gasteiger partial charge in [-0.15, -0.1) is 11.3 Å². The Kier molecular flexibility index (Phi) is 6.59. The van der Waals surface area contributed by atoms with Crippen LogP contribution < -0.4 is 0 Å². The molecule has 0 aliphatic carbocycles. The minimum Gasteiger partial charge on any atom is -0.454 e. The first-order chi connectivity index (χ1) is 13.4. The number of benzene rings is 1. The molecule has 0 saturated heterocycles. The number of ketones is 1. The zero-order valence-electron chi connectivity index (χ0n) is 15.9. The van der Waals surface area contributed by atoms with Crippen LogP contribution in [0.4, 0.5) is 0 Å². The number of esters is 1. The van der Waals surface area contributed by atoms with Crippen molar-refractivity contribution in [2.75, 3.05) is 6.61 Å². The maximum Gasteiger partial charge on any atom is 0.338 e. The number of rotatable bonds is 7. The van der Waals surface area contributed by atoms with Gasteiger partial charge in [0.25, 0.3) is 0 Å². The van der Waals surface area contributed by atoms with Gasteiger partial charge in [0.15, 0.2) is 11.8 Å². The first-order valence-corrected chi connectivity index (χ1v) is 10.5. The Morgan fingerprint density at radius 3 is 2.43 bits per heavy atom. The van der Waals surface area contributed by atoms with Crippen molar-refractivity contribution in [3.05, 3.63) is 74.7 Å². The molecule has 0 saturated carbocycles. The number of carbonyl (C=O) groups excluding carboxylic acids is 2. The van der Waals surface area contributed by atoms with Gasteiger partial charge in [-0.3, -0.25) is 4.79 Å². The summed E-state index contributed by atoms with van der Waals surface area (Å²) in [4.78, 5) is 35.1. The molecule has 3 aromatic rings. The molecule has 0 aliphatic rings. The van der Waals surface area contributed by atoms with E-state index in [1.54, 1.807) is 18.2 Å². The Morgan fingerprint density at radius 1 is 1.04 bits per heavy atom. The van der Waals surface area contributed by atoms with Crippen molar-refractivity contribution >= 4 is 34.9 Å². The predicted molar refractivity (Wildman–Crippen MR) is 111 cm³/mol. The number of nitrogens with zero attached hydrogens (tertiary/aromatic N) is 2. The molecule has 0 atom stereocenters. The van der Waals surface area contributed by atoms with Crippen LogP contribution >= 0.6 is 23.1 Å². The molecule has 2 heterocycles. The summed E-state index contributed by atoms with van der Waals surface area (Å²) in [5.74, 6) is -0.159. The highest BCUT2D eigenvalue weighted by molar-refractivity contribution is 7.98. The largest absolute Gasteiger partial charge is 0.454 e. The van der Waals surface area contributed by atoms with Gasteiger partial charge in [-0.05, 0) is 50.6 Å². The van der Waals surface area contributed by atoms with E-state index in [0.29, 0.717) is 21.3 Å². The number of hydrogen-bond acceptors (Lipinski definition) is 7. The Labute approximate surface area is 172 Å². The zero-order chi connectivity index (χ0) is 20.1. The first-order valence-electron chi connectivity index (χ1n) is 8.72. The van der Waals surface area contributed by atoms with Gasteiger partial charge in [-0.2, -0.15) is 0 Å². The Bertz CT molecular complexity index is 994. The SMILES string of the molecule is Cc1cc(C)nc(SCc2ccccc2C(=O)OCC(=O)c2ccc(C)s2)n1. The first kappa shape index (κ1) is 20.2. The quantitative estimate of drug-likeness (QED) is 0.240. The summed E-state index contributed by atoms with van der Waals surface area (Å²) in [6.07, 6.45) is 0. The van der Waals surface area contributed by atoms with Crippen molar-refractivity contribution in [2.24, 2.45) is 0 Å². The molecule has 0 fully saturated rings. The molecule has 0 N–H and O–H groups in total. The molecule has 0 bridgehead atoms. The summed E-state index contributed by atoms with van der Waals surface area (Å²) in [5.41, 5.74) is 3.09. The van der Waals surface area contributed by atoms with Crippen LogP contribution in [0, 0.1) is 20.8 Å². The Hall–Kier alpha value is -2.51. The van der Waals surface area contributed by atoms with Gasteiger partial charge in [0.05, 0.1) is 10.4 Å². The minimum absolute atomic E-state index is 0.193. The molecule has 1 aromatic carbocycles. The molecule has 3 rings (SSSR count). The van der Waals surface area contributed by atoms with E-state index in [0.717, 1.165) is 21.8 Å². The normalized spacial score (nSPS) is 10.7. The number of aromatic nitrogens is 2. The van der Waals surface area contributed by atoms with Crippen molar-refractivity contribution in [1.29, 1.82) is 0 Å². The second kappa shape index (κ2) is 9.12. The molecule has 0 amide bonds. The van der Waals surface area contributed by atoms with E-state index in [4.69, 9.17) is 4.74 Å². The lowest BCUT2D eigenvalue weighted by atomic mass is 10.1. The third-order valence-corrected chi connectivity index (χ3v) is 5.84. The van der Waals surface area contributed by atoms with Crippen molar-refractivity contribution in [3.63, 3.8) is 0 Å². The van der Waals surface area contributed by atoms with E-state index in [-0.39, 0.29) is 12.4 Å². The monoisotopic (exact) mass is 412 g/mol. The van der Waals surface area contributed by atoms with E-state index in [1.807, 2.05) is 45.0 Å².